The number of rotatable bonds is 10. The Morgan fingerprint density at radius 3 is 0.900 bits per heavy atom. The van der Waals surface area contributed by atoms with E-state index in [-0.39, 0.29) is 23.6 Å². The summed E-state index contributed by atoms with van der Waals surface area (Å²) in [5, 5.41) is 0. The Morgan fingerprint density at radius 1 is 0.425 bits per heavy atom. The molecule has 0 saturated heterocycles. The lowest BCUT2D eigenvalue weighted by molar-refractivity contribution is -0.121. The van der Waals surface area contributed by atoms with E-state index in [1.165, 1.54) is 24.3 Å². The summed E-state index contributed by atoms with van der Waals surface area (Å²) in [5.41, 5.74) is 0.915. The van der Waals surface area contributed by atoms with Gasteiger partial charge in [0.2, 0.25) is 12.6 Å². The Kier molecular flexibility index (Phi) is 7.32. The summed E-state index contributed by atoms with van der Waals surface area (Å²) >= 11 is 0. The number of carbonyl (C=O) groups is 4. The molecule has 0 spiro atoms. The van der Waals surface area contributed by atoms with Crippen molar-refractivity contribution in [2.24, 2.45) is 0 Å². The van der Waals surface area contributed by atoms with Gasteiger partial charge in [-0.1, -0.05) is 0 Å². The molecule has 2 heterocycles. The maximum absolute atomic E-state index is 11.8. The highest BCUT2D eigenvalue weighted by molar-refractivity contribution is 6.28. The third kappa shape index (κ3) is 5.86. The second-order valence-corrected chi connectivity index (χ2v) is 8.76. The minimum Gasteiger partial charge on any atom is -0.455 e. The summed E-state index contributed by atoms with van der Waals surface area (Å²) < 4.78 is 23.2. The molecule has 0 fully saturated rings. The van der Waals surface area contributed by atoms with Gasteiger partial charge in [0.15, 0.2) is 0 Å². The average Bonchev–Trinajstić information content (AvgIpc) is 3.45. The molecule has 10 heteroatoms. The number of hydrogen-bond donors (Lipinski definition) is 0. The van der Waals surface area contributed by atoms with Gasteiger partial charge in [-0.3, -0.25) is 19.2 Å². The van der Waals surface area contributed by atoms with E-state index < -0.39 is 12.6 Å². The zero-order valence-corrected chi connectivity index (χ0v) is 21.6. The first kappa shape index (κ1) is 26.2. The molecule has 10 nitrogen and oxygen atoms in total. The highest BCUT2D eigenvalue weighted by atomic mass is 16.7. The van der Waals surface area contributed by atoms with E-state index in [0.29, 0.717) is 34.4 Å². The van der Waals surface area contributed by atoms with Crippen LogP contribution in [-0.2, 0) is 19.2 Å². The molecular weight excluding hydrogens is 516 g/mol. The molecule has 40 heavy (non-hydrogen) atoms. The van der Waals surface area contributed by atoms with E-state index in [9.17, 15) is 19.2 Å². The topological polar surface area (TPSA) is 112 Å². The third-order valence-corrected chi connectivity index (χ3v) is 5.84. The zero-order chi connectivity index (χ0) is 28.2. The van der Waals surface area contributed by atoms with Crippen LogP contribution in [0.15, 0.2) is 97.1 Å². The van der Waals surface area contributed by atoms with Crippen molar-refractivity contribution in [2.75, 3.05) is 9.80 Å². The third-order valence-electron chi connectivity index (χ3n) is 5.84. The molecule has 202 valence electrons. The van der Waals surface area contributed by atoms with E-state index in [2.05, 4.69) is 0 Å². The minimum atomic E-state index is -0.624. The van der Waals surface area contributed by atoms with Gasteiger partial charge in [-0.2, -0.15) is 0 Å². The number of benzene rings is 3. The van der Waals surface area contributed by atoms with Gasteiger partial charge in [-0.25, -0.2) is 9.80 Å². The number of amides is 4. The van der Waals surface area contributed by atoms with Crippen LogP contribution in [0.2, 0.25) is 0 Å². The van der Waals surface area contributed by atoms with Crippen LogP contribution in [0.25, 0.3) is 0 Å². The van der Waals surface area contributed by atoms with Gasteiger partial charge < -0.3 is 18.9 Å². The standard InChI is InChI=1S/C30H24N2O8/c1-19(37-23-7-3-21(4-8-23)31-27(33)15-16-28(31)34)39-25-11-13-26(14-12-25)40-20(2)38-24-9-5-22(6-10-24)32-29(35)17-18-30(32)36/h3-20H,1-2H3. The molecule has 0 radical (unpaired) electrons. The van der Waals surface area contributed by atoms with Crippen LogP contribution in [0, 0.1) is 0 Å². The van der Waals surface area contributed by atoms with Crippen molar-refractivity contribution in [1.29, 1.82) is 0 Å². The lowest BCUT2D eigenvalue weighted by Crippen LogP contribution is -2.29. The predicted molar refractivity (Wildman–Crippen MR) is 144 cm³/mol. The predicted octanol–water partition coefficient (Wildman–Crippen LogP) is 4.15. The van der Waals surface area contributed by atoms with Crippen LogP contribution in [-0.4, -0.2) is 36.2 Å². The summed E-state index contributed by atoms with van der Waals surface area (Å²) in [6, 6.07) is 20.1. The van der Waals surface area contributed by atoms with Gasteiger partial charge in [0.25, 0.3) is 23.6 Å². The van der Waals surface area contributed by atoms with Crippen LogP contribution >= 0.6 is 0 Å². The summed E-state index contributed by atoms with van der Waals surface area (Å²) in [5.74, 6) is 0.601. The molecular formula is C30H24N2O8. The number of hydrogen-bond acceptors (Lipinski definition) is 8. The van der Waals surface area contributed by atoms with Gasteiger partial charge in [-0.05, 0) is 72.8 Å². The fourth-order valence-electron chi connectivity index (χ4n) is 4.07. The Morgan fingerprint density at radius 2 is 0.650 bits per heavy atom. The van der Waals surface area contributed by atoms with Crippen molar-refractivity contribution in [2.45, 2.75) is 26.4 Å². The van der Waals surface area contributed by atoms with Gasteiger partial charge in [0.05, 0.1) is 11.4 Å². The van der Waals surface area contributed by atoms with E-state index >= 15 is 0 Å². The molecule has 2 unspecified atom stereocenters. The maximum atomic E-state index is 11.8. The van der Waals surface area contributed by atoms with Crippen molar-refractivity contribution < 1.29 is 38.1 Å². The van der Waals surface area contributed by atoms with E-state index in [1.54, 1.807) is 86.6 Å². The lowest BCUT2D eigenvalue weighted by Gasteiger charge is -2.19. The quantitative estimate of drug-likeness (QED) is 0.279. The van der Waals surface area contributed by atoms with Gasteiger partial charge in [0, 0.05) is 38.2 Å². The fraction of sp³-hybridized carbons (Fsp3) is 0.133. The molecule has 0 aliphatic carbocycles. The SMILES string of the molecule is CC(Oc1ccc(OC(C)Oc2ccc(N3C(=O)C=CC3=O)cc2)cc1)Oc1ccc(N2C(=O)C=CC2=O)cc1. The zero-order valence-electron chi connectivity index (χ0n) is 21.6. The normalized spacial score (nSPS) is 15.9. The average molecular weight is 541 g/mol. The number of imide groups is 2. The molecule has 2 aliphatic heterocycles. The monoisotopic (exact) mass is 540 g/mol. The van der Waals surface area contributed by atoms with E-state index in [1.807, 2.05) is 0 Å². The van der Waals surface area contributed by atoms with E-state index in [0.717, 1.165) is 9.80 Å². The Labute approximate surface area is 229 Å². The summed E-state index contributed by atoms with van der Waals surface area (Å²) in [6.45, 7) is 3.48. The van der Waals surface area contributed by atoms with Crippen LogP contribution in [0.1, 0.15) is 13.8 Å². The Balaban J connectivity index is 1.09. The first-order chi connectivity index (χ1) is 19.3. The van der Waals surface area contributed by atoms with Crippen molar-refractivity contribution in [3.8, 4) is 23.0 Å². The van der Waals surface area contributed by atoms with Crippen LogP contribution in [0.3, 0.4) is 0 Å². The summed E-state index contributed by atoms with van der Waals surface area (Å²) in [7, 11) is 0. The minimum absolute atomic E-state index is 0.384. The summed E-state index contributed by atoms with van der Waals surface area (Å²) in [4.78, 5) is 49.4. The molecule has 0 saturated carbocycles. The molecule has 4 amide bonds. The van der Waals surface area contributed by atoms with Crippen LogP contribution < -0.4 is 28.7 Å². The largest absolute Gasteiger partial charge is 0.455 e. The van der Waals surface area contributed by atoms with Crippen molar-refractivity contribution in [3.63, 3.8) is 0 Å². The number of nitrogens with zero attached hydrogens (tertiary/aromatic N) is 2. The maximum Gasteiger partial charge on any atom is 0.258 e. The first-order valence-electron chi connectivity index (χ1n) is 12.4. The molecule has 2 aliphatic rings. The lowest BCUT2D eigenvalue weighted by atomic mass is 10.2. The summed E-state index contributed by atoms with van der Waals surface area (Å²) in [6.07, 6.45) is 3.68. The van der Waals surface area contributed by atoms with Gasteiger partial charge in [0.1, 0.15) is 23.0 Å². The molecule has 3 aromatic carbocycles. The second-order valence-electron chi connectivity index (χ2n) is 8.76. The molecule has 0 bridgehead atoms. The molecule has 2 atom stereocenters. The Hall–Kier alpha value is -5.38. The number of ether oxygens (including phenoxy) is 4. The highest BCUT2D eigenvalue weighted by Gasteiger charge is 2.26. The fourth-order valence-corrected chi connectivity index (χ4v) is 4.07. The highest BCUT2D eigenvalue weighted by Crippen LogP contribution is 2.26. The molecule has 5 rings (SSSR count). The van der Waals surface area contributed by atoms with Gasteiger partial charge >= 0.3 is 0 Å². The second kappa shape index (κ2) is 11.2. The van der Waals surface area contributed by atoms with Crippen LogP contribution in [0.5, 0.6) is 23.0 Å². The van der Waals surface area contributed by atoms with Crippen molar-refractivity contribution >= 4 is 35.0 Å². The number of carbonyl (C=O) groups excluding carboxylic acids is 4. The first-order valence-corrected chi connectivity index (χ1v) is 12.4. The molecule has 0 aromatic heterocycles. The van der Waals surface area contributed by atoms with Crippen molar-refractivity contribution in [3.05, 3.63) is 97.1 Å². The number of anilines is 2. The molecule has 0 N–H and O–H groups in total. The molecule has 3 aromatic rings. The van der Waals surface area contributed by atoms with E-state index in [4.69, 9.17) is 18.9 Å². The van der Waals surface area contributed by atoms with Crippen LogP contribution in [0.4, 0.5) is 11.4 Å². The van der Waals surface area contributed by atoms with Gasteiger partial charge in [-0.15, -0.1) is 0 Å². The Bertz CT molecular complexity index is 1340. The van der Waals surface area contributed by atoms with Crippen molar-refractivity contribution in [1.82, 2.24) is 0 Å². The smallest absolute Gasteiger partial charge is 0.258 e.